The van der Waals surface area contributed by atoms with Crippen LogP contribution in [-0.4, -0.2) is 12.1 Å². The number of carbonyl (C=O) groups excluding carboxylic acids is 1. The summed E-state index contributed by atoms with van der Waals surface area (Å²) in [7, 11) is 0. The predicted molar refractivity (Wildman–Crippen MR) is 91.9 cm³/mol. The molecule has 0 radical (unpaired) electrons. The zero-order valence-corrected chi connectivity index (χ0v) is 14.9. The number of fused-ring (bicyclic) bond motifs is 4. The van der Waals surface area contributed by atoms with E-state index in [-0.39, 0.29) is 17.5 Å². The SMILES string of the molecule is CC(=O)OC1C=C[C@@]2(C)C(CCC3=C4CCC[C@@]4(C)CC[C@@H]32)C1. The maximum atomic E-state index is 11.3. The third-order valence-electron chi connectivity index (χ3n) is 7.57. The van der Waals surface area contributed by atoms with E-state index >= 15 is 0 Å². The van der Waals surface area contributed by atoms with Gasteiger partial charge in [-0.2, -0.15) is 0 Å². The van der Waals surface area contributed by atoms with Crippen LogP contribution in [0.4, 0.5) is 0 Å². The zero-order chi connectivity index (χ0) is 16.2. The molecule has 4 aliphatic rings. The molecule has 2 fully saturated rings. The molecule has 0 heterocycles. The third-order valence-corrected chi connectivity index (χ3v) is 7.57. The van der Waals surface area contributed by atoms with Gasteiger partial charge in [0, 0.05) is 6.92 Å². The lowest BCUT2D eigenvalue weighted by molar-refractivity contribution is -0.146. The fraction of sp³-hybridized carbons (Fsp3) is 0.762. The van der Waals surface area contributed by atoms with Gasteiger partial charge in [0.1, 0.15) is 6.10 Å². The Labute approximate surface area is 140 Å². The second-order valence-electron chi connectivity index (χ2n) is 8.85. The molecule has 4 aliphatic carbocycles. The Bertz CT molecular complexity index is 587. The van der Waals surface area contributed by atoms with E-state index in [0.717, 1.165) is 12.3 Å². The summed E-state index contributed by atoms with van der Waals surface area (Å²) in [5, 5.41) is 0. The van der Waals surface area contributed by atoms with E-state index in [1.807, 2.05) is 11.1 Å². The molecule has 0 N–H and O–H groups in total. The average Bonchev–Trinajstić information content (AvgIpc) is 2.89. The Morgan fingerprint density at radius 2 is 2.04 bits per heavy atom. The normalized spacial score (nSPS) is 45.3. The number of carbonyl (C=O) groups is 1. The van der Waals surface area contributed by atoms with Gasteiger partial charge >= 0.3 is 5.97 Å². The van der Waals surface area contributed by atoms with Gasteiger partial charge in [-0.3, -0.25) is 4.79 Å². The zero-order valence-electron chi connectivity index (χ0n) is 14.9. The topological polar surface area (TPSA) is 26.3 Å². The van der Waals surface area contributed by atoms with E-state index in [9.17, 15) is 4.79 Å². The van der Waals surface area contributed by atoms with Crippen LogP contribution in [0.3, 0.4) is 0 Å². The summed E-state index contributed by atoms with van der Waals surface area (Å²) in [5.41, 5.74) is 4.46. The van der Waals surface area contributed by atoms with Gasteiger partial charge < -0.3 is 4.74 Å². The summed E-state index contributed by atoms with van der Waals surface area (Å²) in [4.78, 5) is 11.3. The Balaban J connectivity index is 1.66. The van der Waals surface area contributed by atoms with Crippen molar-refractivity contribution in [2.75, 3.05) is 0 Å². The van der Waals surface area contributed by atoms with Crippen LogP contribution in [0.2, 0.25) is 0 Å². The fourth-order valence-corrected chi connectivity index (χ4v) is 6.31. The Morgan fingerprint density at radius 3 is 2.83 bits per heavy atom. The molecular formula is C21H30O2. The van der Waals surface area contributed by atoms with Gasteiger partial charge in [-0.15, -0.1) is 0 Å². The third kappa shape index (κ3) is 2.32. The molecule has 0 amide bonds. The lowest BCUT2D eigenvalue weighted by atomic mass is 9.51. The number of ether oxygens (including phenoxy) is 1. The molecule has 126 valence electrons. The molecule has 2 unspecified atom stereocenters. The molecule has 23 heavy (non-hydrogen) atoms. The van der Waals surface area contributed by atoms with Gasteiger partial charge in [0.15, 0.2) is 0 Å². The molecule has 4 rings (SSSR count). The van der Waals surface area contributed by atoms with Crippen molar-refractivity contribution in [1.29, 1.82) is 0 Å². The van der Waals surface area contributed by atoms with Gasteiger partial charge in [-0.25, -0.2) is 0 Å². The van der Waals surface area contributed by atoms with Gasteiger partial charge in [0.25, 0.3) is 0 Å². The smallest absolute Gasteiger partial charge is 0.303 e. The molecule has 0 aromatic rings. The molecule has 2 nitrogen and oxygen atoms in total. The molecule has 0 aromatic heterocycles. The first kappa shape index (κ1) is 15.5. The van der Waals surface area contributed by atoms with Crippen LogP contribution in [-0.2, 0) is 9.53 Å². The van der Waals surface area contributed by atoms with E-state index in [0.29, 0.717) is 11.3 Å². The van der Waals surface area contributed by atoms with Crippen molar-refractivity contribution in [3.05, 3.63) is 23.3 Å². The largest absolute Gasteiger partial charge is 0.458 e. The minimum absolute atomic E-state index is 0.000106. The quantitative estimate of drug-likeness (QED) is 0.492. The maximum absolute atomic E-state index is 11.3. The van der Waals surface area contributed by atoms with Gasteiger partial charge in [-0.1, -0.05) is 31.1 Å². The number of allylic oxidation sites excluding steroid dienone is 3. The summed E-state index contributed by atoms with van der Waals surface area (Å²) in [5.74, 6) is 1.25. The first-order valence-electron chi connectivity index (χ1n) is 9.51. The van der Waals surface area contributed by atoms with Crippen molar-refractivity contribution >= 4 is 5.97 Å². The van der Waals surface area contributed by atoms with Crippen molar-refractivity contribution in [3.8, 4) is 0 Å². The molecule has 0 saturated heterocycles. The monoisotopic (exact) mass is 314 g/mol. The van der Waals surface area contributed by atoms with Crippen molar-refractivity contribution in [1.82, 2.24) is 0 Å². The summed E-state index contributed by atoms with van der Waals surface area (Å²) in [6.45, 7) is 6.51. The van der Waals surface area contributed by atoms with E-state index in [4.69, 9.17) is 4.74 Å². The second kappa shape index (κ2) is 5.22. The van der Waals surface area contributed by atoms with Gasteiger partial charge in [0.05, 0.1) is 0 Å². The fourth-order valence-electron chi connectivity index (χ4n) is 6.31. The summed E-state index contributed by atoms with van der Waals surface area (Å²) < 4.78 is 5.47. The van der Waals surface area contributed by atoms with E-state index < -0.39 is 0 Å². The highest BCUT2D eigenvalue weighted by Gasteiger charge is 2.51. The lowest BCUT2D eigenvalue weighted by Crippen LogP contribution is -2.45. The van der Waals surface area contributed by atoms with E-state index in [1.54, 1.807) is 0 Å². The minimum atomic E-state index is -0.152. The van der Waals surface area contributed by atoms with E-state index in [1.165, 1.54) is 51.9 Å². The highest BCUT2D eigenvalue weighted by atomic mass is 16.5. The molecule has 0 spiro atoms. The molecule has 0 aromatic carbocycles. The van der Waals surface area contributed by atoms with Crippen LogP contribution in [0.15, 0.2) is 23.3 Å². The van der Waals surface area contributed by atoms with Crippen LogP contribution in [0.1, 0.15) is 72.1 Å². The van der Waals surface area contributed by atoms with Crippen LogP contribution in [0, 0.1) is 22.7 Å². The molecule has 0 bridgehead atoms. The number of hydrogen-bond acceptors (Lipinski definition) is 2. The number of hydrogen-bond donors (Lipinski definition) is 0. The highest BCUT2D eigenvalue weighted by molar-refractivity contribution is 5.66. The number of rotatable bonds is 1. The maximum Gasteiger partial charge on any atom is 0.303 e. The Kier molecular flexibility index (Phi) is 3.52. The van der Waals surface area contributed by atoms with Crippen LogP contribution < -0.4 is 0 Å². The summed E-state index contributed by atoms with van der Waals surface area (Å²) >= 11 is 0. The van der Waals surface area contributed by atoms with Crippen molar-refractivity contribution in [2.24, 2.45) is 22.7 Å². The first-order valence-corrected chi connectivity index (χ1v) is 9.51. The van der Waals surface area contributed by atoms with Crippen LogP contribution in [0.25, 0.3) is 0 Å². The standard InChI is InChI=1S/C21H30O2/c1-14(22)23-16-8-12-21(3)15(13-16)6-7-17-18-5-4-10-20(18,2)11-9-19(17)21/h8,12,15-16,19H,4-7,9-11,13H2,1-3H3/t15?,16?,19-,20-,21-/m0/s1. The predicted octanol–water partition coefficient (Wildman–Crippen LogP) is 5.19. The first-order chi connectivity index (χ1) is 10.9. The van der Waals surface area contributed by atoms with Crippen LogP contribution in [0.5, 0.6) is 0 Å². The van der Waals surface area contributed by atoms with Crippen molar-refractivity contribution < 1.29 is 9.53 Å². The lowest BCUT2D eigenvalue weighted by Gasteiger charge is -2.54. The molecule has 2 heteroatoms. The highest BCUT2D eigenvalue weighted by Crippen LogP contribution is 2.62. The van der Waals surface area contributed by atoms with Crippen LogP contribution >= 0.6 is 0 Å². The molecule has 5 atom stereocenters. The number of esters is 1. The average molecular weight is 314 g/mol. The Morgan fingerprint density at radius 1 is 1.22 bits per heavy atom. The van der Waals surface area contributed by atoms with E-state index in [2.05, 4.69) is 26.0 Å². The summed E-state index contributed by atoms with van der Waals surface area (Å²) in [6.07, 6.45) is 15.0. The molecule has 0 aliphatic heterocycles. The summed E-state index contributed by atoms with van der Waals surface area (Å²) in [6, 6.07) is 0. The van der Waals surface area contributed by atoms with Gasteiger partial charge in [0.2, 0.25) is 0 Å². The Hall–Kier alpha value is -1.05. The van der Waals surface area contributed by atoms with Crippen molar-refractivity contribution in [2.45, 2.75) is 78.2 Å². The second-order valence-corrected chi connectivity index (χ2v) is 8.85. The van der Waals surface area contributed by atoms with Gasteiger partial charge in [-0.05, 0) is 80.1 Å². The molecule has 2 saturated carbocycles. The minimum Gasteiger partial charge on any atom is -0.458 e. The molecular weight excluding hydrogens is 284 g/mol. The van der Waals surface area contributed by atoms with Crippen molar-refractivity contribution in [3.63, 3.8) is 0 Å².